The molecule has 0 N–H and O–H groups in total. The molecule has 1 heteroatoms. The van der Waals surface area contributed by atoms with E-state index in [4.69, 9.17) is 4.74 Å². The van der Waals surface area contributed by atoms with Crippen LogP contribution in [0.5, 0.6) is 0 Å². The van der Waals surface area contributed by atoms with Crippen molar-refractivity contribution in [3.8, 4) is 0 Å². The lowest BCUT2D eigenvalue weighted by atomic mass is 9.78. The highest BCUT2D eigenvalue weighted by Gasteiger charge is 2.20. The van der Waals surface area contributed by atoms with Gasteiger partial charge >= 0.3 is 0 Å². The minimum Gasteiger partial charge on any atom is -0.373 e. The van der Waals surface area contributed by atoms with Gasteiger partial charge < -0.3 is 4.74 Å². The van der Waals surface area contributed by atoms with Crippen LogP contribution in [-0.2, 0) is 11.3 Å². The van der Waals surface area contributed by atoms with Crippen LogP contribution in [0.1, 0.15) is 56.6 Å². The number of allylic oxidation sites excluding steroid dienone is 3. The number of benzene rings is 1. The highest BCUT2D eigenvalue weighted by molar-refractivity contribution is 5.25. The quantitative estimate of drug-likeness (QED) is 0.486. The summed E-state index contributed by atoms with van der Waals surface area (Å²) in [6.07, 6.45) is 14.0. The summed E-state index contributed by atoms with van der Waals surface area (Å²) in [5, 5.41) is 0. The Hall–Kier alpha value is -1.34. The van der Waals surface area contributed by atoms with Gasteiger partial charge in [0.1, 0.15) is 0 Å². The second kappa shape index (κ2) is 8.84. The summed E-state index contributed by atoms with van der Waals surface area (Å²) < 4.78 is 5.59. The molecule has 2 rings (SSSR count). The number of hydrogen-bond donors (Lipinski definition) is 0. The van der Waals surface area contributed by atoms with Crippen molar-refractivity contribution in [2.45, 2.75) is 52.1 Å². The molecule has 1 nitrogen and oxygen atoms in total. The fraction of sp³-hybridized carbons (Fsp3) is 0.500. The minimum absolute atomic E-state index is 0.702. The molecule has 0 heterocycles. The van der Waals surface area contributed by atoms with Crippen molar-refractivity contribution < 1.29 is 4.74 Å². The monoisotopic (exact) mass is 284 g/mol. The van der Waals surface area contributed by atoms with Crippen LogP contribution in [0.25, 0.3) is 0 Å². The first-order chi connectivity index (χ1) is 10.3. The molecular formula is C20H28O. The summed E-state index contributed by atoms with van der Waals surface area (Å²) in [5.74, 6) is 1.56. The molecule has 0 aliphatic heterocycles. The van der Waals surface area contributed by atoms with Gasteiger partial charge in [-0.15, -0.1) is 0 Å². The van der Waals surface area contributed by atoms with Crippen molar-refractivity contribution >= 4 is 0 Å². The Labute approximate surface area is 129 Å². The Balaban J connectivity index is 1.82. The summed E-state index contributed by atoms with van der Waals surface area (Å²) in [6, 6.07) is 9.05. The van der Waals surface area contributed by atoms with E-state index in [9.17, 15) is 0 Å². The lowest BCUT2D eigenvalue weighted by Gasteiger charge is -2.27. The van der Waals surface area contributed by atoms with Crippen molar-refractivity contribution in [2.75, 3.05) is 6.61 Å². The molecule has 114 valence electrons. The number of ether oxygens (including phenoxy) is 1. The first kappa shape index (κ1) is 16.0. The summed E-state index contributed by atoms with van der Waals surface area (Å²) >= 11 is 0. The molecule has 0 saturated heterocycles. The third kappa shape index (κ3) is 5.17. The third-order valence-electron chi connectivity index (χ3n) is 4.41. The van der Waals surface area contributed by atoms with Crippen molar-refractivity contribution in [3.63, 3.8) is 0 Å². The molecule has 21 heavy (non-hydrogen) atoms. The standard InChI is InChI=1S/C20H28O/c1-3-5-15-21-16-18-9-13-20(14-10-18)19-11-7-17(6-4-2)8-12-19/h3-6,9-10,13-14,17,19H,7-8,11-12,15-16H2,1-2H3. The molecule has 0 spiro atoms. The van der Waals surface area contributed by atoms with Crippen LogP contribution < -0.4 is 0 Å². The maximum Gasteiger partial charge on any atom is 0.0721 e. The van der Waals surface area contributed by atoms with Crippen LogP contribution in [0.4, 0.5) is 0 Å². The molecule has 1 fully saturated rings. The predicted octanol–water partition coefficient (Wildman–Crippen LogP) is 5.63. The number of hydrogen-bond acceptors (Lipinski definition) is 1. The van der Waals surface area contributed by atoms with Gasteiger partial charge in [-0.25, -0.2) is 0 Å². The SMILES string of the molecule is CC=CCOCc1ccc(C2CCC(C=CC)CC2)cc1. The Bertz CT molecular complexity index is 447. The number of rotatable bonds is 6. The Morgan fingerprint density at radius 3 is 2.33 bits per heavy atom. The van der Waals surface area contributed by atoms with E-state index < -0.39 is 0 Å². The molecule has 1 saturated carbocycles. The van der Waals surface area contributed by atoms with Gasteiger partial charge in [-0.05, 0) is 62.5 Å². The molecule has 1 aliphatic carbocycles. The van der Waals surface area contributed by atoms with E-state index in [-0.39, 0.29) is 0 Å². The first-order valence-corrected chi connectivity index (χ1v) is 8.24. The van der Waals surface area contributed by atoms with E-state index in [0.29, 0.717) is 13.2 Å². The van der Waals surface area contributed by atoms with Crippen molar-refractivity contribution in [1.29, 1.82) is 0 Å². The summed E-state index contributed by atoms with van der Waals surface area (Å²) in [6.45, 7) is 5.55. The predicted molar refractivity (Wildman–Crippen MR) is 90.4 cm³/mol. The fourth-order valence-electron chi connectivity index (χ4n) is 3.14. The molecule has 0 atom stereocenters. The summed E-state index contributed by atoms with van der Waals surface area (Å²) in [5.41, 5.74) is 2.77. The molecule has 0 unspecified atom stereocenters. The first-order valence-electron chi connectivity index (χ1n) is 8.24. The van der Waals surface area contributed by atoms with Crippen LogP contribution >= 0.6 is 0 Å². The summed E-state index contributed by atoms with van der Waals surface area (Å²) in [4.78, 5) is 0. The second-order valence-corrected chi connectivity index (χ2v) is 5.96. The third-order valence-corrected chi connectivity index (χ3v) is 4.41. The Kier molecular flexibility index (Phi) is 6.75. The van der Waals surface area contributed by atoms with Crippen LogP contribution in [0.15, 0.2) is 48.6 Å². The molecule has 1 aliphatic rings. The molecule has 0 aromatic heterocycles. The maximum absolute atomic E-state index is 5.59. The maximum atomic E-state index is 5.59. The second-order valence-electron chi connectivity index (χ2n) is 5.96. The highest BCUT2D eigenvalue weighted by Crippen LogP contribution is 2.36. The normalized spacial score (nSPS) is 23.1. The lowest BCUT2D eigenvalue weighted by molar-refractivity contribution is 0.148. The summed E-state index contributed by atoms with van der Waals surface area (Å²) in [7, 11) is 0. The zero-order chi connectivity index (χ0) is 14.9. The Morgan fingerprint density at radius 1 is 1.00 bits per heavy atom. The lowest BCUT2D eigenvalue weighted by Crippen LogP contribution is -2.11. The van der Waals surface area contributed by atoms with E-state index in [1.807, 2.05) is 19.1 Å². The molecular weight excluding hydrogens is 256 g/mol. The highest BCUT2D eigenvalue weighted by atomic mass is 16.5. The molecule has 1 aromatic rings. The van der Waals surface area contributed by atoms with Crippen LogP contribution in [0, 0.1) is 5.92 Å². The van der Waals surface area contributed by atoms with E-state index in [2.05, 4.69) is 43.3 Å². The molecule has 0 bridgehead atoms. The Morgan fingerprint density at radius 2 is 1.71 bits per heavy atom. The van der Waals surface area contributed by atoms with Gasteiger partial charge in [0.15, 0.2) is 0 Å². The van der Waals surface area contributed by atoms with Crippen molar-refractivity contribution in [1.82, 2.24) is 0 Å². The van der Waals surface area contributed by atoms with Gasteiger partial charge in [-0.2, -0.15) is 0 Å². The largest absolute Gasteiger partial charge is 0.373 e. The van der Waals surface area contributed by atoms with Crippen molar-refractivity contribution in [2.24, 2.45) is 5.92 Å². The topological polar surface area (TPSA) is 9.23 Å². The van der Waals surface area contributed by atoms with Gasteiger partial charge in [-0.3, -0.25) is 0 Å². The van der Waals surface area contributed by atoms with Crippen LogP contribution in [-0.4, -0.2) is 6.61 Å². The average Bonchev–Trinajstić information content (AvgIpc) is 2.53. The van der Waals surface area contributed by atoms with E-state index in [0.717, 1.165) is 11.8 Å². The zero-order valence-electron chi connectivity index (χ0n) is 13.4. The smallest absolute Gasteiger partial charge is 0.0721 e. The zero-order valence-corrected chi connectivity index (χ0v) is 13.4. The van der Waals surface area contributed by atoms with Gasteiger partial charge in [0, 0.05) is 0 Å². The van der Waals surface area contributed by atoms with Gasteiger partial charge in [0.25, 0.3) is 0 Å². The molecule has 1 aromatic carbocycles. The van der Waals surface area contributed by atoms with E-state index in [1.54, 1.807) is 0 Å². The molecule has 0 radical (unpaired) electrons. The molecule has 0 amide bonds. The van der Waals surface area contributed by atoms with Gasteiger partial charge in [-0.1, -0.05) is 48.6 Å². The van der Waals surface area contributed by atoms with Gasteiger partial charge in [0.2, 0.25) is 0 Å². The van der Waals surface area contributed by atoms with E-state index in [1.165, 1.54) is 36.8 Å². The van der Waals surface area contributed by atoms with Crippen LogP contribution in [0.2, 0.25) is 0 Å². The van der Waals surface area contributed by atoms with Crippen molar-refractivity contribution in [3.05, 3.63) is 59.7 Å². The van der Waals surface area contributed by atoms with E-state index >= 15 is 0 Å². The minimum atomic E-state index is 0.702. The van der Waals surface area contributed by atoms with Gasteiger partial charge in [0.05, 0.1) is 13.2 Å². The fourth-order valence-corrected chi connectivity index (χ4v) is 3.14. The van der Waals surface area contributed by atoms with Crippen LogP contribution in [0.3, 0.4) is 0 Å². The average molecular weight is 284 g/mol.